The highest BCUT2D eigenvalue weighted by Gasteiger charge is 2.12. The molecular formula is C11H15BrClN. The summed E-state index contributed by atoms with van der Waals surface area (Å²) in [6.07, 6.45) is 0.955. The van der Waals surface area contributed by atoms with Gasteiger partial charge in [0.2, 0.25) is 0 Å². The Morgan fingerprint density at radius 1 is 1.43 bits per heavy atom. The molecule has 1 aromatic carbocycles. The Morgan fingerprint density at radius 3 is 2.64 bits per heavy atom. The molecule has 0 spiro atoms. The van der Waals surface area contributed by atoms with Gasteiger partial charge in [-0.1, -0.05) is 37.6 Å². The van der Waals surface area contributed by atoms with Gasteiger partial charge in [0, 0.05) is 10.5 Å². The molecule has 1 atom stereocenters. The lowest BCUT2D eigenvalue weighted by Crippen LogP contribution is -2.13. The molecule has 0 aliphatic carbocycles. The molecule has 0 aliphatic heterocycles. The molecule has 0 heterocycles. The summed E-state index contributed by atoms with van der Waals surface area (Å²) in [6, 6.07) is 5.90. The Kier molecular flexibility index (Phi) is 4.42. The standard InChI is InChI=1S/C11H15BrClN/c1-7(2)6-10(14)8-4-3-5-9(12)11(8)13/h3-5,7,10H,6,14H2,1-2H3. The lowest BCUT2D eigenvalue weighted by molar-refractivity contribution is 0.510. The number of rotatable bonds is 3. The number of halogens is 2. The molecule has 0 aromatic heterocycles. The topological polar surface area (TPSA) is 26.0 Å². The largest absolute Gasteiger partial charge is 0.324 e. The zero-order valence-electron chi connectivity index (χ0n) is 8.43. The van der Waals surface area contributed by atoms with Crippen molar-refractivity contribution in [3.05, 3.63) is 33.3 Å². The van der Waals surface area contributed by atoms with Gasteiger partial charge in [-0.3, -0.25) is 0 Å². The second kappa shape index (κ2) is 5.15. The van der Waals surface area contributed by atoms with E-state index in [0.29, 0.717) is 5.92 Å². The summed E-state index contributed by atoms with van der Waals surface area (Å²) in [5, 5.41) is 0.737. The van der Waals surface area contributed by atoms with Gasteiger partial charge in [-0.25, -0.2) is 0 Å². The molecule has 3 heteroatoms. The van der Waals surface area contributed by atoms with Crippen LogP contribution in [0.25, 0.3) is 0 Å². The maximum Gasteiger partial charge on any atom is 0.0595 e. The molecule has 0 bridgehead atoms. The van der Waals surface area contributed by atoms with Gasteiger partial charge in [-0.05, 0) is 39.9 Å². The molecule has 1 nitrogen and oxygen atoms in total. The van der Waals surface area contributed by atoms with E-state index >= 15 is 0 Å². The number of nitrogens with two attached hydrogens (primary N) is 1. The number of benzene rings is 1. The first-order valence-corrected chi connectivity index (χ1v) is 5.89. The molecular weight excluding hydrogens is 261 g/mol. The third-order valence-corrected chi connectivity index (χ3v) is 3.42. The summed E-state index contributed by atoms with van der Waals surface area (Å²) in [4.78, 5) is 0. The van der Waals surface area contributed by atoms with Crippen LogP contribution >= 0.6 is 27.5 Å². The molecule has 0 fully saturated rings. The van der Waals surface area contributed by atoms with Gasteiger partial charge in [0.1, 0.15) is 0 Å². The van der Waals surface area contributed by atoms with Crippen molar-refractivity contribution >= 4 is 27.5 Å². The molecule has 0 saturated carbocycles. The van der Waals surface area contributed by atoms with Crippen LogP contribution < -0.4 is 5.73 Å². The normalized spacial score (nSPS) is 13.3. The van der Waals surface area contributed by atoms with E-state index in [1.165, 1.54) is 0 Å². The monoisotopic (exact) mass is 275 g/mol. The van der Waals surface area contributed by atoms with E-state index in [4.69, 9.17) is 17.3 Å². The Labute approximate surface area is 98.8 Å². The minimum absolute atomic E-state index is 0.0278. The molecule has 0 aliphatic rings. The Balaban J connectivity index is 2.89. The van der Waals surface area contributed by atoms with Crippen molar-refractivity contribution in [3.8, 4) is 0 Å². The van der Waals surface area contributed by atoms with Gasteiger partial charge in [-0.2, -0.15) is 0 Å². The summed E-state index contributed by atoms with van der Waals surface area (Å²) >= 11 is 9.54. The zero-order valence-corrected chi connectivity index (χ0v) is 10.8. The van der Waals surface area contributed by atoms with Crippen LogP contribution in [0.2, 0.25) is 5.02 Å². The number of hydrogen-bond donors (Lipinski definition) is 1. The smallest absolute Gasteiger partial charge is 0.0595 e. The van der Waals surface area contributed by atoms with Gasteiger partial charge in [0.05, 0.1) is 5.02 Å². The lowest BCUT2D eigenvalue weighted by atomic mass is 9.98. The fourth-order valence-electron chi connectivity index (χ4n) is 1.44. The quantitative estimate of drug-likeness (QED) is 0.882. The van der Waals surface area contributed by atoms with Crippen molar-refractivity contribution in [2.24, 2.45) is 11.7 Å². The van der Waals surface area contributed by atoms with E-state index in [1.54, 1.807) is 0 Å². The molecule has 0 radical (unpaired) electrons. The van der Waals surface area contributed by atoms with Gasteiger partial charge in [0.15, 0.2) is 0 Å². The van der Waals surface area contributed by atoms with Crippen molar-refractivity contribution in [2.45, 2.75) is 26.3 Å². The second-order valence-electron chi connectivity index (χ2n) is 3.88. The van der Waals surface area contributed by atoms with Gasteiger partial charge in [0.25, 0.3) is 0 Å². The van der Waals surface area contributed by atoms with Crippen LogP contribution in [0, 0.1) is 5.92 Å². The molecule has 78 valence electrons. The highest BCUT2D eigenvalue weighted by Crippen LogP contribution is 2.31. The molecule has 1 unspecified atom stereocenters. The predicted octanol–water partition coefficient (Wildman–Crippen LogP) is 4.15. The fourth-order valence-corrected chi connectivity index (χ4v) is 2.09. The van der Waals surface area contributed by atoms with Crippen LogP contribution in [0.5, 0.6) is 0 Å². The summed E-state index contributed by atoms with van der Waals surface area (Å²) in [7, 11) is 0. The summed E-state index contributed by atoms with van der Waals surface area (Å²) in [6.45, 7) is 4.32. The predicted molar refractivity (Wildman–Crippen MR) is 65.5 cm³/mol. The highest BCUT2D eigenvalue weighted by atomic mass is 79.9. The summed E-state index contributed by atoms with van der Waals surface area (Å²) < 4.78 is 0.913. The Bertz CT molecular complexity index is 312. The van der Waals surface area contributed by atoms with E-state index in [1.807, 2.05) is 18.2 Å². The van der Waals surface area contributed by atoms with E-state index in [9.17, 15) is 0 Å². The Morgan fingerprint density at radius 2 is 2.07 bits per heavy atom. The third-order valence-electron chi connectivity index (χ3n) is 2.11. The van der Waals surface area contributed by atoms with Crippen LogP contribution in [-0.2, 0) is 0 Å². The minimum Gasteiger partial charge on any atom is -0.324 e. The fraction of sp³-hybridized carbons (Fsp3) is 0.455. The first kappa shape index (κ1) is 12.0. The minimum atomic E-state index is 0.0278. The van der Waals surface area contributed by atoms with E-state index in [-0.39, 0.29) is 6.04 Å². The molecule has 0 saturated heterocycles. The Hall–Kier alpha value is -0.0500. The van der Waals surface area contributed by atoms with Crippen LogP contribution in [0.15, 0.2) is 22.7 Å². The highest BCUT2D eigenvalue weighted by molar-refractivity contribution is 9.10. The van der Waals surface area contributed by atoms with Gasteiger partial charge in [-0.15, -0.1) is 0 Å². The van der Waals surface area contributed by atoms with Crippen molar-refractivity contribution in [2.75, 3.05) is 0 Å². The van der Waals surface area contributed by atoms with Crippen LogP contribution in [-0.4, -0.2) is 0 Å². The second-order valence-corrected chi connectivity index (χ2v) is 5.11. The summed E-state index contributed by atoms with van der Waals surface area (Å²) in [5.41, 5.74) is 7.08. The lowest BCUT2D eigenvalue weighted by Gasteiger charge is -2.16. The molecule has 0 amide bonds. The zero-order chi connectivity index (χ0) is 10.7. The molecule has 1 aromatic rings. The summed E-state index contributed by atoms with van der Waals surface area (Å²) in [5.74, 6) is 0.583. The van der Waals surface area contributed by atoms with Crippen molar-refractivity contribution in [1.82, 2.24) is 0 Å². The van der Waals surface area contributed by atoms with Gasteiger partial charge < -0.3 is 5.73 Å². The maximum absolute atomic E-state index is 6.14. The maximum atomic E-state index is 6.14. The average molecular weight is 277 g/mol. The van der Waals surface area contributed by atoms with Crippen LogP contribution in [0.1, 0.15) is 31.9 Å². The first-order valence-electron chi connectivity index (χ1n) is 4.72. The molecule has 14 heavy (non-hydrogen) atoms. The average Bonchev–Trinajstić information content (AvgIpc) is 2.08. The SMILES string of the molecule is CC(C)CC(N)c1cccc(Br)c1Cl. The van der Waals surface area contributed by atoms with Crippen LogP contribution in [0.3, 0.4) is 0 Å². The van der Waals surface area contributed by atoms with E-state index in [2.05, 4.69) is 29.8 Å². The first-order chi connectivity index (χ1) is 6.52. The van der Waals surface area contributed by atoms with E-state index in [0.717, 1.165) is 21.5 Å². The van der Waals surface area contributed by atoms with Crippen molar-refractivity contribution in [1.29, 1.82) is 0 Å². The van der Waals surface area contributed by atoms with Crippen LogP contribution in [0.4, 0.5) is 0 Å². The number of hydrogen-bond acceptors (Lipinski definition) is 1. The van der Waals surface area contributed by atoms with Crippen molar-refractivity contribution in [3.63, 3.8) is 0 Å². The van der Waals surface area contributed by atoms with E-state index < -0.39 is 0 Å². The van der Waals surface area contributed by atoms with Crippen molar-refractivity contribution < 1.29 is 0 Å². The van der Waals surface area contributed by atoms with Gasteiger partial charge >= 0.3 is 0 Å². The molecule has 2 N–H and O–H groups in total. The molecule has 1 rings (SSSR count). The third kappa shape index (κ3) is 2.97.